The molecule has 0 N–H and O–H groups in total. The van der Waals surface area contributed by atoms with Crippen molar-refractivity contribution in [2.45, 2.75) is 38.3 Å². The molecule has 136 valence electrons. The van der Waals surface area contributed by atoms with Crippen LogP contribution in [0.4, 0.5) is 26.3 Å². The molecule has 0 saturated heterocycles. The summed E-state index contributed by atoms with van der Waals surface area (Å²) in [5, 5.41) is 1.06. The van der Waals surface area contributed by atoms with Crippen LogP contribution in [0.25, 0.3) is 0 Å². The van der Waals surface area contributed by atoms with E-state index in [0.29, 0.717) is 10.6 Å². The number of rotatable bonds is 2. The Bertz CT molecular complexity index is 648. The van der Waals surface area contributed by atoms with Crippen LogP contribution in [0, 0.1) is 0 Å². The topological polar surface area (TPSA) is 0 Å². The molecule has 2 rings (SSSR count). The van der Waals surface area contributed by atoms with Crippen molar-refractivity contribution in [3.8, 4) is 0 Å². The number of alkyl halides is 6. The summed E-state index contributed by atoms with van der Waals surface area (Å²) in [5.74, 6) is 0. The maximum Gasteiger partial charge on any atom is 0.416 e. The Kier molecular flexibility index (Phi) is 5.25. The zero-order valence-electron chi connectivity index (χ0n) is 13.8. The van der Waals surface area contributed by atoms with Gasteiger partial charge in [0.25, 0.3) is 0 Å². The van der Waals surface area contributed by atoms with E-state index < -0.39 is 31.4 Å². The normalized spacial score (nSPS) is 13.4. The van der Waals surface area contributed by atoms with Gasteiger partial charge in [0.2, 0.25) is 0 Å². The van der Waals surface area contributed by atoms with Crippen LogP contribution in [0.1, 0.15) is 31.9 Å². The van der Waals surface area contributed by atoms with Gasteiger partial charge in [-0.05, 0) is 48.0 Å². The van der Waals surface area contributed by atoms with Gasteiger partial charge in [0.1, 0.15) is 0 Å². The second kappa shape index (κ2) is 6.64. The van der Waals surface area contributed by atoms with Gasteiger partial charge in [-0.25, -0.2) is 0 Å². The third kappa shape index (κ3) is 4.75. The molecule has 0 radical (unpaired) electrons. The zero-order valence-corrected chi connectivity index (χ0v) is 14.7. The molecule has 0 aliphatic rings. The highest BCUT2D eigenvalue weighted by Gasteiger charge is 2.33. The van der Waals surface area contributed by atoms with Gasteiger partial charge in [-0.15, -0.1) is 0 Å². The van der Waals surface area contributed by atoms with E-state index in [4.69, 9.17) is 0 Å². The summed E-state index contributed by atoms with van der Waals surface area (Å²) in [7, 11) is -1.12. The first kappa shape index (κ1) is 19.8. The van der Waals surface area contributed by atoms with Crippen molar-refractivity contribution in [3.05, 3.63) is 59.7 Å². The van der Waals surface area contributed by atoms with Crippen LogP contribution in [0.5, 0.6) is 0 Å². The summed E-state index contributed by atoms with van der Waals surface area (Å²) < 4.78 is 76.4. The molecule has 0 fully saturated rings. The van der Waals surface area contributed by atoms with E-state index in [9.17, 15) is 26.3 Å². The van der Waals surface area contributed by atoms with Crippen molar-refractivity contribution in [1.29, 1.82) is 0 Å². The number of hydrogen-bond donors (Lipinski definition) is 0. The molecule has 0 amide bonds. The largest absolute Gasteiger partial charge is 0.416 e. The fraction of sp³-hybridized carbons (Fsp3) is 0.333. The first-order chi connectivity index (χ1) is 11.3. The molecule has 0 bridgehead atoms. The summed E-state index contributed by atoms with van der Waals surface area (Å²) in [4.78, 5) is 0. The lowest BCUT2D eigenvalue weighted by molar-refractivity contribution is -0.138. The number of hydrogen-bond acceptors (Lipinski definition) is 0. The molecule has 0 heterocycles. The van der Waals surface area contributed by atoms with Crippen LogP contribution >= 0.6 is 7.92 Å². The van der Waals surface area contributed by atoms with Crippen LogP contribution in [0.3, 0.4) is 0 Å². The molecule has 0 aliphatic carbocycles. The van der Waals surface area contributed by atoms with Gasteiger partial charge in [0.05, 0.1) is 11.1 Å². The second-order valence-electron chi connectivity index (χ2n) is 6.60. The fourth-order valence-electron chi connectivity index (χ4n) is 2.52. The quantitative estimate of drug-likeness (QED) is 0.447. The van der Waals surface area contributed by atoms with Crippen LogP contribution < -0.4 is 10.6 Å². The third-order valence-corrected chi connectivity index (χ3v) is 6.55. The molecule has 2 aromatic carbocycles. The molecule has 7 heteroatoms. The van der Waals surface area contributed by atoms with Gasteiger partial charge >= 0.3 is 12.4 Å². The van der Waals surface area contributed by atoms with E-state index in [2.05, 4.69) is 0 Å². The minimum Gasteiger partial charge on any atom is -0.166 e. The lowest BCUT2D eigenvalue weighted by Gasteiger charge is -2.32. The van der Waals surface area contributed by atoms with Crippen molar-refractivity contribution < 1.29 is 26.3 Å². The first-order valence-corrected chi connectivity index (χ1v) is 8.79. The minimum absolute atomic E-state index is 0.325. The summed E-state index contributed by atoms with van der Waals surface area (Å²) in [5.41, 5.74) is -1.49. The predicted molar refractivity (Wildman–Crippen MR) is 88.8 cm³/mol. The Labute approximate surface area is 143 Å². The van der Waals surface area contributed by atoms with Gasteiger partial charge in [-0.1, -0.05) is 45.0 Å². The molecular weight excluding hydrogens is 361 g/mol. The molecule has 0 spiro atoms. The Balaban J connectivity index is 2.44. The molecule has 25 heavy (non-hydrogen) atoms. The highest BCUT2D eigenvalue weighted by atomic mass is 31.1. The molecule has 0 atom stereocenters. The van der Waals surface area contributed by atoms with E-state index >= 15 is 0 Å². The summed E-state index contributed by atoms with van der Waals surface area (Å²) in [6.45, 7) is 5.77. The SMILES string of the molecule is CC(C)(C)P(c1ccc(C(F)(F)F)cc1)c1ccc(C(F)(F)F)cc1. The predicted octanol–water partition coefficient (Wildman–Crippen LogP) is 5.96. The molecule has 0 unspecified atom stereocenters. The second-order valence-corrected chi connectivity index (χ2v) is 9.64. The van der Waals surface area contributed by atoms with Crippen LogP contribution in [0.15, 0.2) is 48.5 Å². The van der Waals surface area contributed by atoms with Crippen molar-refractivity contribution in [2.24, 2.45) is 0 Å². The summed E-state index contributed by atoms with van der Waals surface area (Å²) >= 11 is 0. The summed E-state index contributed by atoms with van der Waals surface area (Å²) in [6, 6.07) is 9.71. The van der Waals surface area contributed by atoms with Crippen LogP contribution in [-0.4, -0.2) is 5.16 Å². The molecule has 0 nitrogen and oxygen atoms in total. The molecule has 0 aliphatic heterocycles. The van der Waals surface area contributed by atoms with Gasteiger partial charge < -0.3 is 0 Å². The summed E-state index contributed by atoms with van der Waals surface area (Å²) in [6.07, 6.45) is -8.84. The highest BCUT2D eigenvalue weighted by Crippen LogP contribution is 2.48. The lowest BCUT2D eigenvalue weighted by Crippen LogP contribution is -2.27. The standard InChI is InChI=1S/C18H17F6P/c1-16(2,3)25(14-8-4-12(5-9-14)17(19,20)21)15-10-6-13(7-11-15)18(22,23)24/h4-11H,1-3H3. The van der Waals surface area contributed by atoms with Gasteiger partial charge in [0.15, 0.2) is 0 Å². The van der Waals surface area contributed by atoms with Crippen molar-refractivity contribution in [1.82, 2.24) is 0 Å². The molecule has 0 saturated carbocycles. The van der Waals surface area contributed by atoms with Crippen molar-refractivity contribution >= 4 is 18.5 Å². The molecule has 2 aromatic rings. The van der Waals surface area contributed by atoms with E-state index in [1.165, 1.54) is 24.3 Å². The highest BCUT2D eigenvalue weighted by molar-refractivity contribution is 7.74. The molecule has 0 aromatic heterocycles. The number of benzene rings is 2. The van der Waals surface area contributed by atoms with Gasteiger partial charge in [0, 0.05) is 0 Å². The van der Waals surface area contributed by atoms with E-state index in [1.807, 2.05) is 20.8 Å². The first-order valence-electron chi connectivity index (χ1n) is 7.45. The van der Waals surface area contributed by atoms with E-state index in [-0.39, 0.29) is 5.16 Å². The van der Waals surface area contributed by atoms with Gasteiger partial charge in [-0.3, -0.25) is 0 Å². The van der Waals surface area contributed by atoms with Crippen molar-refractivity contribution in [2.75, 3.05) is 0 Å². The fourth-order valence-corrected chi connectivity index (χ4v) is 5.26. The Hall–Kier alpha value is -1.55. The van der Waals surface area contributed by atoms with Gasteiger partial charge in [-0.2, -0.15) is 26.3 Å². The number of halogens is 6. The maximum atomic E-state index is 12.7. The minimum atomic E-state index is -4.42. The Morgan fingerprint density at radius 2 is 0.840 bits per heavy atom. The smallest absolute Gasteiger partial charge is 0.166 e. The average molecular weight is 378 g/mol. The Morgan fingerprint density at radius 1 is 0.560 bits per heavy atom. The monoisotopic (exact) mass is 378 g/mol. The average Bonchev–Trinajstić information content (AvgIpc) is 2.45. The van der Waals surface area contributed by atoms with Crippen LogP contribution in [0.2, 0.25) is 0 Å². The van der Waals surface area contributed by atoms with Crippen molar-refractivity contribution in [3.63, 3.8) is 0 Å². The van der Waals surface area contributed by atoms with E-state index in [0.717, 1.165) is 24.3 Å². The lowest BCUT2D eigenvalue weighted by atomic mass is 10.2. The Morgan fingerprint density at radius 3 is 1.04 bits per heavy atom. The maximum absolute atomic E-state index is 12.7. The van der Waals surface area contributed by atoms with Crippen LogP contribution in [-0.2, 0) is 12.4 Å². The third-order valence-electron chi connectivity index (χ3n) is 3.58. The molecular formula is C18H17F6P. The van der Waals surface area contributed by atoms with E-state index in [1.54, 1.807) is 0 Å². The zero-order chi connectivity index (χ0) is 19.0.